The maximum atomic E-state index is 11.5. The molecular formula is C7H9F3O. The second-order valence-corrected chi connectivity index (χ2v) is 2.05. The normalized spacial score (nSPS) is 12.4. The van der Waals surface area contributed by atoms with E-state index in [4.69, 9.17) is 0 Å². The third kappa shape index (κ3) is 4.58. The molecule has 0 rings (SSSR count). The Morgan fingerprint density at radius 3 is 2.36 bits per heavy atom. The van der Waals surface area contributed by atoms with Crippen LogP contribution in [0.2, 0.25) is 0 Å². The molecule has 0 aliphatic carbocycles. The number of alkyl halides is 3. The molecule has 1 nitrogen and oxygen atoms in total. The number of carbonyl (C=O) groups is 1. The van der Waals surface area contributed by atoms with Gasteiger partial charge < -0.3 is 0 Å². The first-order chi connectivity index (χ1) is 4.98. The summed E-state index contributed by atoms with van der Waals surface area (Å²) in [5.41, 5.74) is 0. The maximum absolute atomic E-state index is 11.5. The van der Waals surface area contributed by atoms with Crippen LogP contribution in [0.3, 0.4) is 0 Å². The molecule has 4 heteroatoms. The van der Waals surface area contributed by atoms with E-state index in [2.05, 4.69) is 0 Å². The molecule has 0 saturated heterocycles. The van der Waals surface area contributed by atoms with Crippen LogP contribution in [-0.2, 0) is 4.79 Å². The van der Waals surface area contributed by atoms with Crippen LogP contribution in [0.1, 0.15) is 19.8 Å². The van der Waals surface area contributed by atoms with E-state index in [0.29, 0.717) is 12.5 Å². The van der Waals surface area contributed by atoms with Crippen LogP contribution < -0.4 is 0 Å². The summed E-state index contributed by atoms with van der Waals surface area (Å²) in [5.74, 6) is -1.79. The molecular weight excluding hydrogens is 157 g/mol. The highest BCUT2D eigenvalue weighted by Gasteiger charge is 2.35. The van der Waals surface area contributed by atoms with E-state index in [9.17, 15) is 18.0 Å². The van der Waals surface area contributed by atoms with Gasteiger partial charge in [-0.05, 0) is 12.5 Å². The lowest BCUT2D eigenvalue weighted by molar-refractivity contribution is -0.165. The Kier molecular flexibility index (Phi) is 3.85. The van der Waals surface area contributed by atoms with Crippen molar-refractivity contribution in [3.05, 3.63) is 12.2 Å². The second-order valence-electron chi connectivity index (χ2n) is 2.05. The van der Waals surface area contributed by atoms with Crippen molar-refractivity contribution >= 4 is 5.78 Å². The highest BCUT2D eigenvalue weighted by atomic mass is 19.4. The summed E-state index contributed by atoms with van der Waals surface area (Å²) in [4.78, 5) is 10.1. The molecule has 0 radical (unpaired) electrons. The van der Waals surface area contributed by atoms with Gasteiger partial charge in [0.2, 0.25) is 0 Å². The fourth-order valence-electron chi connectivity index (χ4n) is 0.452. The van der Waals surface area contributed by atoms with Crippen molar-refractivity contribution < 1.29 is 18.0 Å². The van der Waals surface area contributed by atoms with Crippen LogP contribution in [0, 0.1) is 0 Å². The SMILES string of the molecule is CCC/C=C/C(=O)C(F)(F)F. The largest absolute Gasteiger partial charge is 0.454 e. The van der Waals surface area contributed by atoms with Crippen LogP contribution in [0.15, 0.2) is 12.2 Å². The van der Waals surface area contributed by atoms with Crippen LogP contribution in [0.4, 0.5) is 13.2 Å². The highest BCUT2D eigenvalue weighted by Crippen LogP contribution is 2.16. The number of rotatable bonds is 3. The van der Waals surface area contributed by atoms with E-state index in [1.54, 1.807) is 0 Å². The van der Waals surface area contributed by atoms with E-state index >= 15 is 0 Å². The van der Waals surface area contributed by atoms with Gasteiger partial charge in [0.05, 0.1) is 0 Å². The predicted molar refractivity (Wildman–Crippen MR) is 35.1 cm³/mol. The quantitative estimate of drug-likeness (QED) is 0.588. The van der Waals surface area contributed by atoms with Gasteiger partial charge in [-0.15, -0.1) is 0 Å². The Bertz CT molecular complexity index is 158. The zero-order valence-corrected chi connectivity index (χ0v) is 6.11. The van der Waals surface area contributed by atoms with E-state index in [1.165, 1.54) is 6.08 Å². The van der Waals surface area contributed by atoms with Crippen LogP contribution in [0.5, 0.6) is 0 Å². The third-order valence-corrected chi connectivity index (χ3v) is 1.00. The summed E-state index contributed by atoms with van der Waals surface area (Å²) >= 11 is 0. The lowest BCUT2D eigenvalue weighted by atomic mass is 10.2. The minimum atomic E-state index is -4.72. The lowest BCUT2D eigenvalue weighted by Crippen LogP contribution is -2.19. The van der Waals surface area contributed by atoms with Gasteiger partial charge in [-0.25, -0.2) is 0 Å². The average molecular weight is 166 g/mol. The number of allylic oxidation sites excluding steroid dienone is 2. The summed E-state index contributed by atoms with van der Waals surface area (Å²) < 4.78 is 34.4. The first-order valence-electron chi connectivity index (χ1n) is 3.26. The van der Waals surface area contributed by atoms with E-state index < -0.39 is 12.0 Å². The van der Waals surface area contributed by atoms with Crippen molar-refractivity contribution in [2.75, 3.05) is 0 Å². The van der Waals surface area contributed by atoms with Crippen molar-refractivity contribution in [1.29, 1.82) is 0 Å². The van der Waals surface area contributed by atoms with E-state index in [1.807, 2.05) is 6.92 Å². The van der Waals surface area contributed by atoms with Crippen molar-refractivity contribution in [3.63, 3.8) is 0 Å². The van der Waals surface area contributed by atoms with Crippen molar-refractivity contribution in [2.24, 2.45) is 0 Å². The number of ketones is 1. The van der Waals surface area contributed by atoms with E-state index in [-0.39, 0.29) is 0 Å². The Hall–Kier alpha value is -0.800. The molecule has 64 valence electrons. The van der Waals surface area contributed by atoms with Gasteiger partial charge in [0, 0.05) is 0 Å². The average Bonchev–Trinajstić information content (AvgIpc) is 1.86. The van der Waals surface area contributed by atoms with Gasteiger partial charge in [-0.2, -0.15) is 13.2 Å². The molecule has 0 bridgehead atoms. The molecule has 0 atom stereocenters. The van der Waals surface area contributed by atoms with Gasteiger partial charge >= 0.3 is 6.18 Å². The Morgan fingerprint density at radius 1 is 1.45 bits per heavy atom. The molecule has 0 spiro atoms. The smallest absolute Gasteiger partial charge is 0.285 e. The highest BCUT2D eigenvalue weighted by molar-refractivity contribution is 5.94. The fraction of sp³-hybridized carbons (Fsp3) is 0.571. The molecule has 0 unspecified atom stereocenters. The number of hydrogen-bond acceptors (Lipinski definition) is 1. The fourth-order valence-corrected chi connectivity index (χ4v) is 0.452. The first kappa shape index (κ1) is 10.2. The predicted octanol–water partition coefficient (Wildman–Crippen LogP) is 2.47. The zero-order valence-electron chi connectivity index (χ0n) is 6.11. The van der Waals surface area contributed by atoms with Gasteiger partial charge in [0.25, 0.3) is 5.78 Å². The molecule has 0 aliphatic rings. The van der Waals surface area contributed by atoms with Gasteiger partial charge in [0.15, 0.2) is 0 Å². The molecule has 0 aromatic rings. The number of carbonyl (C=O) groups excluding carboxylic acids is 1. The topological polar surface area (TPSA) is 17.1 Å². The molecule has 0 fully saturated rings. The summed E-state index contributed by atoms with van der Waals surface area (Å²) in [5, 5.41) is 0. The molecule has 0 aromatic heterocycles. The van der Waals surface area contributed by atoms with Gasteiger partial charge in [0.1, 0.15) is 0 Å². The molecule has 0 saturated carbocycles. The first-order valence-corrected chi connectivity index (χ1v) is 3.26. The second kappa shape index (κ2) is 4.16. The van der Waals surface area contributed by atoms with E-state index in [0.717, 1.165) is 6.42 Å². The molecule has 11 heavy (non-hydrogen) atoms. The number of halogens is 3. The molecule has 0 N–H and O–H groups in total. The van der Waals surface area contributed by atoms with Crippen molar-refractivity contribution in [1.82, 2.24) is 0 Å². The molecule has 0 aliphatic heterocycles. The third-order valence-electron chi connectivity index (χ3n) is 1.00. The van der Waals surface area contributed by atoms with Crippen LogP contribution in [-0.4, -0.2) is 12.0 Å². The van der Waals surface area contributed by atoms with Gasteiger partial charge in [-0.1, -0.05) is 19.4 Å². The summed E-state index contributed by atoms with van der Waals surface area (Å²) in [6.45, 7) is 1.82. The van der Waals surface area contributed by atoms with Crippen LogP contribution >= 0.6 is 0 Å². The number of hydrogen-bond donors (Lipinski definition) is 0. The summed E-state index contributed by atoms with van der Waals surface area (Å²) in [6.07, 6.45) is -1.67. The summed E-state index contributed by atoms with van der Waals surface area (Å²) in [6, 6.07) is 0. The number of unbranched alkanes of at least 4 members (excludes halogenated alkanes) is 1. The Morgan fingerprint density at radius 2 is 2.00 bits per heavy atom. The molecule has 0 heterocycles. The Labute approximate surface area is 62.9 Å². The monoisotopic (exact) mass is 166 g/mol. The van der Waals surface area contributed by atoms with Crippen LogP contribution in [0.25, 0.3) is 0 Å². The lowest BCUT2D eigenvalue weighted by Gasteiger charge is -1.98. The van der Waals surface area contributed by atoms with Gasteiger partial charge in [-0.3, -0.25) is 4.79 Å². The minimum Gasteiger partial charge on any atom is -0.285 e. The Balaban J connectivity index is 3.88. The summed E-state index contributed by atoms with van der Waals surface area (Å²) in [7, 11) is 0. The molecule has 0 aromatic carbocycles. The van der Waals surface area contributed by atoms with Crippen molar-refractivity contribution in [2.45, 2.75) is 25.9 Å². The zero-order chi connectivity index (χ0) is 8.91. The maximum Gasteiger partial charge on any atom is 0.454 e. The van der Waals surface area contributed by atoms with Crippen molar-refractivity contribution in [3.8, 4) is 0 Å². The minimum absolute atomic E-state index is 0.502. The molecule has 0 amide bonds. The standard InChI is InChI=1S/C7H9F3O/c1-2-3-4-5-6(11)7(8,9)10/h4-5H,2-3H2,1H3/b5-4+.